The van der Waals surface area contributed by atoms with Gasteiger partial charge in [0.05, 0.1) is 31.1 Å². The molecule has 0 atom stereocenters. The Morgan fingerprint density at radius 3 is 2.82 bits per heavy atom. The molecule has 94 valence electrons. The van der Waals surface area contributed by atoms with Crippen molar-refractivity contribution in [2.24, 2.45) is 17.8 Å². The Bertz CT molecular complexity index is 406. The number of hydrogen-bond acceptors (Lipinski definition) is 3. The van der Waals surface area contributed by atoms with Crippen LogP contribution in [-0.2, 0) is 18.3 Å². The van der Waals surface area contributed by atoms with Gasteiger partial charge in [-0.15, -0.1) is 0 Å². The summed E-state index contributed by atoms with van der Waals surface area (Å²) in [5.41, 5.74) is 8.01. The van der Waals surface area contributed by atoms with Gasteiger partial charge in [0, 0.05) is 20.1 Å². The Morgan fingerprint density at radius 2 is 2.24 bits per heavy atom. The van der Waals surface area contributed by atoms with E-state index in [1.54, 1.807) is 0 Å². The number of aryl methyl sites for hydroxylation is 2. The minimum absolute atomic E-state index is 0.570. The van der Waals surface area contributed by atoms with Crippen LogP contribution in [0.25, 0.3) is 0 Å². The van der Waals surface area contributed by atoms with Crippen molar-refractivity contribution in [2.45, 2.75) is 13.5 Å². The van der Waals surface area contributed by atoms with Crippen molar-refractivity contribution in [2.75, 3.05) is 26.3 Å². The number of nitrogens with zero attached hydrogens (tertiary/aromatic N) is 4. The number of morpholine rings is 1. The maximum absolute atomic E-state index is 5.94. The van der Waals surface area contributed by atoms with Crippen LogP contribution in [0.4, 0.5) is 0 Å². The highest BCUT2D eigenvalue weighted by Gasteiger charge is 2.12. The van der Waals surface area contributed by atoms with E-state index in [0.717, 1.165) is 37.7 Å². The first-order chi connectivity index (χ1) is 8.16. The summed E-state index contributed by atoms with van der Waals surface area (Å²) in [6.45, 7) is 5.63. The number of hydrogen-bond donors (Lipinski definition) is 1. The summed E-state index contributed by atoms with van der Waals surface area (Å²) in [4.78, 5) is 6.44. The predicted molar refractivity (Wildman–Crippen MR) is 65.7 cm³/mol. The Hall–Kier alpha value is -1.56. The Labute approximate surface area is 101 Å². The summed E-state index contributed by atoms with van der Waals surface area (Å²) >= 11 is 0. The average Bonchev–Trinajstić information content (AvgIpc) is 2.66. The second-order valence-electron chi connectivity index (χ2n) is 4.17. The van der Waals surface area contributed by atoms with Crippen molar-refractivity contribution in [1.29, 1.82) is 0 Å². The van der Waals surface area contributed by atoms with E-state index in [4.69, 9.17) is 10.5 Å². The highest BCUT2D eigenvalue weighted by Crippen LogP contribution is 2.04. The molecule has 0 bridgehead atoms. The van der Waals surface area contributed by atoms with E-state index in [-0.39, 0.29) is 0 Å². The van der Waals surface area contributed by atoms with E-state index < -0.39 is 0 Å². The van der Waals surface area contributed by atoms with E-state index in [9.17, 15) is 0 Å². The van der Waals surface area contributed by atoms with Gasteiger partial charge in [-0.25, -0.2) is 4.99 Å². The van der Waals surface area contributed by atoms with Crippen LogP contribution in [0.5, 0.6) is 0 Å². The lowest BCUT2D eigenvalue weighted by atomic mass is 10.4. The van der Waals surface area contributed by atoms with Crippen LogP contribution in [0.15, 0.2) is 11.1 Å². The third-order valence-corrected chi connectivity index (χ3v) is 2.84. The first kappa shape index (κ1) is 11.9. The molecule has 1 saturated heterocycles. The molecule has 6 nitrogen and oxygen atoms in total. The second-order valence-corrected chi connectivity index (χ2v) is 4.17. The molecular weight excluding hydrogens is 218 g/mol. The smallest absolute Gasteiger partial charge is 0.191 e. The normalized spacial score (nSPS) is 17.5. The number of aromatic nitrogens is 2. The molecule has 0 radical (unpaired) electrons. The Balaban J connectivity index is 1.97. The van der Waals surface area contributed by atoms with Crippen LogP contribution >= 0.6 is 0 Å². The van der Waals surface area contributed by atoms with Gasteiger partial charge >= 0.3 is 0 Å². The summed E-state index contributed by atoms with van der Waals surface area (Å²) in [5.74, 6) is 0.590. The number of nitrogens with two attached hydrogens (primary N) is 1. The van der Waals surface area contributed by atoms with E-state index in [1.165, 1.54) is 0 Å². The van der Waals surface area contributed by atoms with Gasteiger partial charge in [-0.05, 0) is 13.0 Å². The van der Waals surface area contributed by atoms with Gasteiger partial charge < -0.3 is 15.4 Å². The molecule has 0 saturated carbocycles. The van der Waals surface area contributed by atoms with Crippen molar-refractivity contribution in [3.63, 3.8) is 0 Å². The maximum Gasteiger partial charge on any atom is 0.191 e. The average molecular weight is 237 g/mol. The zero-order valence-electron chi connectivity index (χ0n) is 10.4. The van der Waals surface area contributed by atoms with Crippen LogP contribution in [0.2, 0.25) is 0 Å². The topological polar surface area (TPSA) is 68.7 Å². The van der Waals surface area contributed by atoms with Gasteiger partial charge in [0.25, 0.3) is 0 Å². The lowest BCUT2D eigenvalue weighted by Crippen LogP contribution is -2.44. The predicted octanol–water partition coefficient (Wildman–Crippen LogP) is -0.125. The lowest BCUT2D eigenvalue weighted by Gasteiger charge is -2.27. The number of aliphatic imine (C=N–C) groups is 1. The summed E-state index contributed by atoms with van der Waals surface area (Å²) in [6, 6.07) is 2.02. The minimum atomic E-state index is 0.570. The van der Waals surface area contributed by atoms with Crippen molar-refractivity contribution >= 4 is 5.96 Å². The molecule has 17 heavy (non-hydrogen) atoms. The molecule has 0 unspecified atom stereocenters. The van der Waals surface area contributed by atoms with Crippen molar-refractivity contribution in [3.8, 4) is 0 Å². The zero-order chi connectivity index (χ0) is 12.3. The fraction of sp³-hybridized carbons (Fsp3) is 0.636. The highest BCUT2D eigenvalue weighted by atomic mass is 16.5. The van der Waals surface area contributed by atoms with Crippen LogP contribution in [-0.4, -0.2) is 46.9 Å². The highest BCUT2D eigenvalue weighted by molar-refractivity contribution is 5.78. The number of ether oxygens (including phenoxy) is 1. The first-order valence-electron chi connectivity index (χ1n) is 5.79. The Kier molecular flexibility index (Phi) is 3.63. The van der Waals surface area contributed by atoms with Crippen LogP contribution in [0.3, 0.4) is 0 Å². The monoisotopic (exact) mass is 237 g/mol. The third-order valence-electron chi connectivity index (χ3n) is 2.84. The molecular formula is C11H19N5O. The zero-order valence-corrected chi connectivity index (χ0v) is 10.4. The van der Waals surface area contributed by atoms with Crippen LogP contribution in [0.1, 0.15) is 11.4 Å². The molecule has 0 aliphatic carbocycles. The largest absolute Gasteiger partial charge is 0.378 e. The minimum Gasteiger partial charge on any atom is -0.378 e. The van der Waals surface area contributed by atoms with Crippen molar-refractivity contribution in [3.05, 3.63) is 17.5 Å². The molecule has 0 aromatic carbocycles. The summed E-state index contributed by atoms with van der Waals surface area (Å²) in [6.07, 6.45) is 0. The van der Waals surface area contributed by atoms with Gasteiger partial charge in [0.15, 0.2) is 5.96 Å². The van der Waals surface area contributed by atoms with E-state index in [2.05, 4.69) is 10.1 Å². The standard InChI is InChI=1S/C11H19N5O/c1-9-7-10(15(2)14-9)8-13-11(12)16-3-5-17-6-4-16/h7H,3-6,8H2,1-2H3,(H2,12,13). The molecule has 1 aromatic rings. The molecule has 1 aliphatic rings. The maximum atomic E-state index is 5.94. The van der Waals surface area contributed by atoms with Gasteiger partial charge in [-0.3, -0.25) is 4.68 Å². The SMILES string of the molecule is Cc1cc(CN=C(N)N2CCOCC2)n(C)n1. The third kappa shape index (κ3) is 2.97. The van der Waals surface area contributed by atoms with Crippen LogP contribution in [0, 0.1) is 6.92 Å². The first-order valence-corrected chi connectivity index (χ1v) is 5.79. The molecule has 2 rings (SSSR count). The van der Waals surface area contributed by atoms with Gasteiger partial charge in [-0.2, -0.15) is 5.10 Å². The van der Waals surface area contributed by atoms with E-state index in [0.29, 0.717) is 12.5 Å². The molecule has 1 fully saturated rings. The summed E-state index contributed by atoms with van der Waals surface area (Å²) in [5, 5.41) is 4.27. The van der Waals surface area contributed by atoms with Gasteiger partial charge in [0.2, 0.25) is 0 Å². The molecule has 2 N–H and O–H groups in total. The van der Waals surface area contributed by atoms with Gasteiger partial charge in [-0.1, -0.05) is 0 Å². The Morgan fingerprint density at radius 1 is 1.53 bits per heavy atom. The molecule has 2 heterocycles. The van der Waals surface area contributed by atoms with Crippen LogP contribution < -0.4 is 5.73 Å². The summed E-state index contributed by atoms with van der Waals surface area (Å²) in [7, 11) is 1.92. The summed E-state index contributed by atoms with van der Waals surface area (Å²) < 4.78 is 7.11. The fourth-order valence-corrected chi connectivity index (χ4v) is 1.87. The van der Waals surface area contributed by atoms with E-state index >= 15 is 0 Å². The second kappa shape index (κ2) is 5.18. The fourth-order valence-electron chi connectivity index (χ4n) is 1.87. The quantitative estimate of drug-likeness (QED) is 0.575. The molecule has 0 spiro atoms. The molecule has 1 aromatic heterocycles. The van der Waals surface area contributed by atoms with Crippen molar-refractivity contribution < 1.29 is 4.74 Å². The number of rotatable bonds is 2. The molecule has 0 amide bonds. The number of guanidine groups is 1. The lowest BCUT2D eigenvalue weighted by molar-refractivity contribution is 0.0674. The van der Waals surface area contributed by atoms with Gasteiger partial charge in [0.1, 0.15) is 0 Å². The molecule has 1 aliphatic heterocycles. The van der Waals surface area contributed by atoms with E-state index in [1.807, 2.05) is 29.6 Å². The molecule has 6 heteroatoms. The van der Waals surface area contributed by atoms with Crippen molar-refractivity contribution in [1.82, 2.24) is 14.7 Å².